The molecule has 2 nitrogen and oxygen atoms in total. The number of hydrogen-bond donors (Lipinski definition) is 0. The zero-order valence-electron chi connectivity index (χ0n) is 32.4. The Balaban J connectivity index is 1.16. The summed E-state index contributed by atoms with van der Waals surface area (Å²) in [5.74, 6) is 0.707. The number of benzene rings is 9. The molecule has 1 heterocycles. The second kappa shape index (κ2) is 14.1. The molecule has 0 saturated heterocycles. The van der Waals surface area contributed by atoms with E-state index in [9.17, 15) is 0 Å². The predicted molar refractivity (Wildman–Crippen MR) is 251 cm³/mol. The van der Waals surface area contributed by atoms with Gasteiger partial charge in [-0.25, -0.2) is 9.97 Å². The van der Waals surface area contributed by atoms with E-state index in [1.807, 2.05) is 6.07 Å². The second-order valence-corrected chi connectivity index (χ2v) is 18.6. The lowest BCUT2D eigenvalue weighted by Gasteiger charge is -2.33. The van der Waals surface area contributed by atoms with Gasteiger partial charge in [0.25, 0.3) is 0 Å². The maximum atomic E-state index is 5.60. The Morgan fingerprint density at radius 3 is 1.44 bits per heavy atom. The molecule has 11 rings (SSSR count). The van der Waals surface area contributed by atoms with Crippen LogP contribution in [0.2, 0.25) is 0 Å². The van der Waals surface area contributed by atoms with Gasteiger partial charge in [-0.15, -0.1) is 0 Å². The van der Waals surface area contributed by atoms with Crippen LogP contribution in [0.1, 0.15) is 22.4 Å². The van der Waals surface area contributed by atoms with Crippen LogP contribution < -0.4 is 15.9 Å². The highest BCUT2D eigenvalue weighted by atomic mass is 31.2. The van der Waals surface area contributed by atoms with Crippen molar-refractivity contribution in [3.63, 3.8) is 0 Å². The van der Waals surface area contributed by atoms with E-state index >= 15 is 0 Å². The van der Waals surface area contributed by atoms with Crippen molar-refractivity contribution in [2.75, 3.05) is 0 Å². The summed E-state index contributed by atoms with van der Waals surface area (Å²) in [5, 5.41) is 8.61. The van der Waals surface area contributed by atoms with Gasteiger partial charge in [-0.1, -0.05) is 219 Å². The normalized spacial score (nSPS) is 12.9. The lowest BCUT2D eigenvalue weighted by atomic mass is 9.69. The van der Waals surface area contributed by atoms with Gasteiger partial charge in [0.1, 0.15) is 0 Å². The van der Waals surface area contributed by atoms with Crippen molar-refractivity contribution in [2.45, 2.75) is 5.41 Å². The van der Waals surface area contributed by atoms with Gasteiger partial charge in [0.15, 0.2) is 5.82 Å². The largest absolute Gasteiger partial charge is 0.231 e. The highest BCUT2D eigenvalue weighted by molar-refractivity contribution is 7.93. The van der Waals surface area contributed by atoms with Gasteiger partial charge in [-0.2, -0.15) is 0 Å². The van der Waals surface area contributed by atoms with Gasteiger partial charge in [-0.3, -0.25) is 0 Å². The number of hydrogen-bond acceptors (Lipinski definition) is 2. The molecule has 0 radical (unpaired) electrons. The van der Waals surface area contributed by atoms with Gasteiger partial charge in [0.05, 0.1) is 16.8 Å². The molecule has 0 amide bonds. The van der Waals surface area contributed by atoms with Crippen molar-refractivity contribution < 1.29 is 0 Å². The fourth-order valence-corrected chi connectivity index (χ4v) is 12.3. The molecule has 278 valence electrons. The van der Waals surface area contributed by atoms with E-state index in [4.69, 9.17) is 16.3 Å². The first kappa shape index (κ1) is 35.1. The second-order valence-electron chi connectivity index (χ2n) is 15.4. The van der Waals surface area contributed by atoms with Gasteiger partial charge in [-0.05, 0) is 78.7 Å². The molecule has 0 fully saturated rings. The number of nitrogens with zero attached hydrogens (tertiary/aromatic N) is 2. The molecule has 9 aromatic carbocycles. The van der Waals surface area contributed by atoms with Crippen LogP contribution in [0.15, 0.2) is 224 Å². The van der Waals surface area contributed by atoms with Crippen molar-refractivity contribution in [2.24, 2.45) is 0 Å². The van der Waals surface area contributed by atoms with Gasteiger partial charge in [0, 0.05) is 16.7 Å². The van der Waals surface area contributed by atoms with E-state index < -0.39 is 12.3 Å². The summed E-state index contributed by atoms with van der Waals surface area (Å²) >= 11 is 0. The van der Waals surface area contributed by atoms with Crippen LogP contribution in [-0.2, 0) is 5.41 Å². The lowest BCUT2D eigenvalue weighted by molar-refractivity contribution is 0.736. The molecule has 59 heavy (non-hydrogen) atoms. The first-order valence-corrected chi connectivity index (χ1v) is 22.1. The Morgan fingerprint density at radius 1 is 0.390 bits per heavy atom. The molecule has 0 unspecified atom stereocenters. The predicted octanol–water partition coefficient (Wildman–Crippen LogP) is 12.2. The summed E-state index contributed by atoms with van der Waals surface area (Å²) in [6.45, 7) is -2.36. The molecular weight excluding hydrogens is 732 g/mol. The van der Waals surface area contributed by atoms with Crippen molar-refractivity contribution in [1.29, 1.82) is 0 Å². The average molecular weight is 771 g/mol. The minimum Gasteiger partial charge on any atom is -0.231 e. The maximum absolute atomic E-state index is 5.60. The summed E-state index contributed by atoms with van der Waals surface area (Å²) in [6, 6.07) is 81.1. The molecule has 0 saturated carbocycles. The summed E-state index contributed by atoms with van der Waals surface area (Å²) in [6.07, 6.45) is 5.21. The number of fused-ring (bicyclic) bond motifs is 5. The first-order valence-electron chi connectivity index (χ1n) is 20.1. The highest BCUT2D eigenvalue weighted by Gasteiger charge is 2.49. The summed E-state index contributed by atoms with van der Waals surface area (Å²) in [4.78, 5) is 11.1. The smallest absolute Gasteiger partial charge is 0.160 e. The van der Waals surface area contributed by atoms with Crippen molar-refractivity contribution in [3.05, 3.63) is 247 Å². The quantitative estimate of drug-likeness (QED) is 0.151. The molecule has 3 heteroatoms. The van der Waals surface area contributed by atoms with E-state index in [-0.39, 0.29) is 0 Å². The van der Waals surface area contributed by atoms with Crippen LogP contribution in [0, 0.1) is 0 Å². The monoisotopic (exact) mass is 770 g/mol. The summed E-state index contributed by atoms with van der Waals surface area (Å²) < 4.78 is 0. The van der Waals surface area contributed by atoms with Crippen LogP contribution in [0.25, 0.3) is 55.3 Å². The molecule has 0 bridgehead atoms. The fourth-order valence-electron chi connectivity index (χ4n) is 9.34. The van der Waals surface area contributed by atoms with Crippen molar-refractivity contribution >= 4 is 50.6 Å². The molecule has 0 aliphatic heterocycles. The Morgan fingerprint density at radius 2 is 0.864 bits per heavy atom. The minimum atomic E-state index is -2.36. The molecule has 1 aromatic heterocycles. The molecule has 10 aromatic rings. The first-order chi connectivity index (χ1) is 29.1. The summed E-state index contributed by atoms with van der Waals surface area (Å²) in [7, 11) is 0. The Bertz CT molecular complexity index is 3110. The van der Waals surface area contributed by atoms with Gasteiger partial charge >= 0.3 is 0 Å². The standard InChI is InChI=1S/C56H39N2P/c1-59(48-35-29-39-17-11-13-21-43(39)37-48,49-36-30-40-18-12-14-22-44(40)38-49)47-33-31-41(32-34-47)53-52-50-27-15-16-28-51(50)56(45-23-7-3-8-24-45,46-25-9-4-10-26-46)54(52)58-55(57-53)42-19-5-2-6-20-42/h2-38H,1H2. The zero-order chi connectivity index (χ0) is 39.4. The van der Waals surface area contributed by atoms with E-state index in [2.05, 4.69) is 218 Å². The van der Waals surface area contributed by atoms with Crippen molar-refractivity contribution in [3.8, 4) is 33.8 Å². The van der Waals surface area contributed by atoms with Crippen LogP contribution in [-0.4, -0.2) is 16.3 Å². The van der Waals surface area contributed by atoms with Gasteiger partial charge in [0.2, 0.25) is 0 Å². The van der Waals surface area contributed by atoms with Crippen molar-refractivity contribution in [1.82, 2.24) is 9.97 Å². The van der Waals surface area contributed by atoms with Crippen LogP contribution in [0.3, 0.4) is 0 Å². The molecule has 1 aliphatic rings. The summed E-state index contributed by atoms with van der Waals surface area (Å²) in [5.41, 5.74) is 9.06. The molecule has 0 N–H and O–H groups in total. The minimum absolute atomic E-state index is 0.657. The maximum Gasteiger partial charge on any atom is 0.160 e. The third kappa shape index (κ3) is 5.56. The van der Waals surface area contributed by atoms with Crippen LogP contribution in [0.4, 0.5) is 0 Å². The molecule has 1 aliphatic carbocycles. The Hall–Kier alpha value is -7.12. The Kier molecular flexibility index (Phi) is 8.36. The lowest BCUT2D eigenvalue weighted by Crippen LogP contribution is -2.30. The third-order valence-corrected chi connectivity index (χ3v) is 15.7. The van der Waals surface area contributed by atoms with E-state index in [1.165, 1.54) is 54.1 Å². The van der Waals surface area contributed by atoms with Crippen LogP contribution in [0.5, 0.6) is 0 Å². The molecule has 0 atom stereocenters. The Labute approximate surface area is 345 Å². The molecular formula is C56H39N2P. The zero-order valence-corrected chi connectivity index (χ0v) is 33.3. The van der Waals surface area contributed by atoms with E-state index in [1.54, 1.807) is 0 Å². The number of rotatable bonds is 7. The highest BCUT2D eigenvalue weighted by Crippen LogP contribution is 2.57. The fraction of sp³-hybridized carbons (Fsp3) is 0.0179. The average Bonchev–Trinajstić information content (AvgIpc) is 3.62. The third-order valence-electron chi connectivity index (χ3n) is 12.2. The van der Waals surface area contributed by atoms with Crippen LogP contribution >= 0.6 is 6.89 Å². The van der Waals surface area contributed by atoms with E-state index in [0.29, 0.717) is 5.82 Å². The number of aromatic nitrogens is 2. The van der Waals surface area contributed by atoms with E-state index in [0.717, 1.165) is 33.6 Å². The SMILES string of the molecule is C=P(c1ccc(-c2nc(-c3ccccc3)nc3c2-c2ccccc2C3(c2ccccc2)c2ccccc2)cc1)(c1ccc2ccccc2c1)c1ccc2ccccc2c1. The molecule has 0 spiro atoms. The topological polar surface area (TPSA) is 25.8 Å². The van der Waals surface area contributed by atoms with Gasteiger partial charge < -0.3 is 0 Å².